The molecular formula is C24H24N4O3S. The molecule has 0 spiro atoms. The second-order valence-corrected chi connectivity index (χ2v) is 9.16. The van der Waals surface area contributed by atoms with Gasteiger partial charge in [-0.15, -0.1) is 11.3 Å². The topological polar surface area (TPSA) is 88.3 Å². The molecule has 1 N–H and O–H groups in total. The first-order valence-corrected chi connectivity index (χ1v) is 11.0. The number of fused-ring (bicyclic) bond motifs is 1. The number of benzene rings is 1. The average molecular weight is 449 g/mol. The Balaban J connectivity index is 1.61. The van der Waals surface area contributed by atoms with Crippen molar-refractivity contribution in [3.63, 3.8) is 0 Å². The number of rotatable bonds is 5. The molecule has 32 heavy (non-hydrogen) atoms. The zero-order valence-corrected chi connectivity index (χ0v) is 19.5. The van der Waals surface area contributed by atoms with Crippen LogP contribution >= 0.6 is 11.3 Å². The Bertz CT molecular complexity index is 1340. The summed E-state index contributed by atoms with van der Waals surface area (Å²) in [5.74, 6) is -0.565. The summed E-state index contributed by atoms with van der Waals surface area (Å²) in [6.07, 6.45) is 0. The lowest BCUT2D eigenvalue weighted by molar-refractivity contribution is -0.116. The average Bonchev–Trinajstić information content (AvgIpc) is 3.36. The van der Waals surface area contributed by atoms with Crippen LogP contribution in [0.1, 0.15) is 32.1 Å². The first-order valence-electron chi connectivity index (χ1n) is 10.2. The molecule has 4 rings (SSSR count). The summed E-state index contributed by atoms with van der Waals surface area (Å²) in [5.41, 5.74) is 4.78. The first-order chi connectivity index (χ1) is 15.2. The van der Waals surface area contributed by atoms with Crippen LogP contribution in [0.4, 0.5) is 5.69 Å². The van der Waals surface area contributed by atoms with Gasteiger partial charge in [0, 0.05) is 17.6 Å². The lowest BCUT2D eigenvalue weighted by atomic mass is 10.1. The quantitative estimate of drug-likeness (QED) is 0.469. The molecule has 0 fully saturated rings. The van der Waals surface area contributed by atoms with Crippen LogP contribution in [-0.4, -0.2) is 40.4 Å². The number of hydrogen-bond acceptors (Lipinski definition) is 6. The Morgan fingerprint density at radius 2 is 1.91 bits per heavy atom. The monoisotopic (exact) mass is 448 g/mol. The number of amides is 2. The number of likely N-dealkylation sites (N-methyl/N-ethyl adjacent to an activating group) is 1. The molecule has 0 saturated carbocycles. The number of nitrogens with one attached hydrogen (secondary N) is 1. The van der Waals surface area contributed by atoms with E-state index in [1.807, 2.05) is 51.1 Å². The number of carbonyl (C=O) groups excluding carboxylic acids is 2. The number of hydrogen-bond donors (Lipinski definition) is 1. The van der Waals surface area contributed by atoms with Crippen molar-refractivity contribution in [3.05, 3.63) is 63.7 Å². The number of aryl methyl sites for hydroxylation is 3. The number of aromatic nitrogens is 2. The predicted molar refractivity (Wildman–Crippen MR) is 126 cm³/mol. The molecule has 164 valence electrons. The fourth-order valence-electron chi connectivity index (χ4n) is 3.53. The van der Waals surface area contributed by atoms with Crippen molar-refractivity contribution in [2.75, 3.05) is 18.9 Å². The lowest BCUT2D eigenvalue weighted by Crippen LogP contribution is -2.35. The Morgan fingerprint density at radius 1 is 1.12 bits per heavy atom. The minimum atomic E-state index is -0.297. The number of carbonyl (C=O) groups is 2. The van der Waals surface area contributed by atoms with Gasteiger partial charge in [0.25, 0.3) is 11.6 Å². The highest BCUT2D eigenvalue weighted by atomic mass is 32.1. The summed E-state index contributed by atoms with van der Waals surface area (Å²) in [6.45, 7) is 7.64. The highest BCUT2D eigenvalue weighted by Crippen LogP contribution is 2.31. The normalized spacial score (nSPS) is 11.0. The van der Waals surface area contributed by atoms with E-state index in [0.717, 1.165) is 26.6 Å². The fraction of sp³-hybridized carbons (Fsp3) is 0.250. The van der Waals surface area contributed by atoms with E-state index >= 15 is 0 Å². The van der Waals surface area contributed by atoms with Gasteiger partial charge in [-0.25, -0.2) is 4.98 Å². The molecule has 0 atom stereocenters. The third-order valence-electron chi connectivity index (χ3n) is 5.45. The lowest BCUT2D eigenvalue weighted by Gasteiger charge is -2.18. The van der Waals surface area contributed by atoms with E-state index in [-0.39, 0.29) is 18.4 Å². The van der Waals surface area contributed by atoms with Gasteiger partial charge in [0.15, 0.2) is 0 Å². The Hall–Kier alpha value is -3.52. The van der Waals surface area contributed by atoms with Crippen molar-refractivity contribution >= 4 is 39.9 Å². The van der Waals surface area contributed by atoms with E-state index in [4.69, 9.17) is 4.52 Å². The zero-order valence-electron chi connectivity index (χ0n) is 18.6. The molecule has 3 heterocycles. The summed E-state index contributed by atoms with van der Waals surface area (Å²) in [5, 5.41) is 7.45. The van der Waals surface area contributed by atoms with Crippen LogP contribution in [0.15, 0.2) is 40.9 Å². The van der Waals surface area contributed by atoms with E-state index in [2.05, 4.69) is 15.5 Å². The van der Waals surface area contributed by atoms with Crippen LogP contribution in [0, 0.1) is 27.7 Å². The van der Waals surface area contributed by atoms with Gasteiger partial charge in [0.2, 0.25) is 5.91 Å². The van der Waals surface area contributed by atoms with Gasteiger partial charge >= 0.3 is 0 Å². The third-order valence-corrected chi connectivity index (χ3v) is 6.47. The van der Waals surface area contributed by atoms with Crippen LogP contribution in [0.25, 0.3) is 21.7 Å². The number of thiophene rings is 1. The van der Waals surface area contributed by atoms with Gasteiger partial charge < -0.3 is 14.7 Å². The SMILES string of the molecule is Cc1ccc(-c2cc(C(=O)N(C)CC(=O)Nc3cccc(C)c3C)c3c(C)noc3n2)s1. The maximum atomic E-state index is 13.4. The maximum absolute atomic E-state index is 13.4. The van der Waals surface area contributed by atoms with E-state index < -0.39 is 0 Å². The number of anilines is 1. The van der Waals surface area contributed by atoms with Gasteiger partial charge in [-0.2, -0.15) is 0 Å². The molecule has 0 bridgehead atoms. The minimum Gasteiger partial charge on any atom is -0.335 e. The molecule has 2 amide bonds. The molecule has 4 aromatic rings. The summed E-state index contributed by atoms with van der Waals surface area (Å²) < 4.78 is 5.37. The standard InChI is InChI=1S/C24H24N4O3S/c1-13-7-6-8-18(15(13)3)25-21(29)12-28(5)24(30)17-11-19(20-10-9-14(2)32-20)26-23-22(17)16(4)27-31-23/h6-11H,12H2,1-5H3,(H,25,29). The fourth-order valence-corrected chi connectivity index (χ4v) is 4.36. The van der Waals surface area contributed by atoms with E-state index in [1.54, 1.807) is 31.4 Å². The van der Waals surface area contributed by atoms with Crippen molar-refractivity contribution in [2.45, 2.75) is 27.7 Å². The second kappa shape index (κ2) is 8.55. The van der Waals surface area contributed by atoms with Crippen LogP contribution in [0.3, 0.4) is 0 Å². The van der Waals surface area contributed by atoms with Gasteiger partial charge in [-0.1, -0.05) is 17.3 Å². The Kier molecular flexibility index (Phi) is 5.80. The summed E-state index contributed by atoms with van der Waals surface area (Å²) >= 11 is 1.59. The summed E-state index contributed by atoms with van der Waals surface area (Å²) in [6, 6.07) is 11.4. The molecule has 3 aromatic heterocycles. The van der Waals surface area contributed by atoms with Gasteiger partial charge in [-0.3, -0.25) is 9.59 Å². The highest BCUT2D eigenvalue weighted by molar-refractivity contribution is 7.15. The van der Waals surface area contributed by atoms with Crippen molar-refractivity contribution in [2.24, 2.45) is 0 Å². The van der Waals surface area contributed by atoms with E-state index in [9.17, 15) is 9.59 Å². The molecule has 8 heteroatoms. The molecule has 0 aliphatic heterocycles. The number of pyridine rings is 1. The van der Waals surface area contributed by atoms with Crippen LogP contribution in [-0.2, 0) is 4.79 Å². The summed E-state index contributed by atoms with van der Waals surface area (Å²) in [4.78, 5) is 34.0. The molecule has 0 saturated heterocycles. The largest absolute Gasteiger partial charge is 0.335 e. The predicted octanol–water partition coefficient (Wildman–Crippen LogP) is 4.90. The van der Waals surface area contributed by atoms with Crippen molar-refractivity contribution in [1.82, 2.24) is 15.0 Å². The first kappa shape index (κ1) is 21.7. The van der Waals surface area contributed by atoms with Gasteiger partial charge in [-0.05, 0) is 63.1 Å². The molecule has 0 unspecified atom stereocenters. The van der Waals surface area contributed by atoms with Crippen LogP contribution in [0.5, 0.6) is 0 Å². The molecule has 7 nitrogen and oxygen atoms in total. The highest BCUT2D eigenvalue weighted by Gasteiger charge is 2.23. The summed E-state index contributed by atoms with van der Waals surface area (Å²) in [7, 11) is 1.61. The van der Waals surface area contributed by atoms with E-state index in [0.29, 0.717) is 28.1 Å². The van der Waals surface area contributed by atoms with Crippen molar-refractivity contribution < 1.29 is 14.1 Å². The zero-order chi connectivity index (χ0) is 23.0. The van der Waals surface area contributed by atoms with E-state index in [1.165, 1.54) is 4.90 Å². The van der Waals surface area contributed by atoms with Crippen molar-refractivity contribution in [3.8, 4) is 10.6 Å². The van der Waals surface area contributed by atoms with Crippen molar-refractivity contribution in [1.29, 1.82) is 0 Å². The van der Waals surface area contributed by atoms with Gasteiger partial charge in [0.05, 0.1) is 33.8 Å². The van der Waals surface area contributed by atoms with Crippen LogP contribution in [0.2, 0.25) is 0 Å². The second-order valence-electron chi connectivity index (χ2n) is 7.87. The maximum Gasteiger partial charge on any atom is 0.259 e. The molecular weight excluding hydrogens is 424 g/mol. The molecule has 0 aliphatic rings. The third kappa shape index (κ3) is 4.13. The number of nitrogens with zero attached hydrogens (tertiary/aromatic N) is 3. The van der Waals surface area contributed by atoms with Crippen LogP contribution < -0.4 is 5.32 Å². The Labute approximate surface area is 190 Å². The molecule has 1 aromatic carbocycles. The molecule has 0 aliphatic carbocycles. The van der Waals surface area contributed by atoms with Gasteiger partial charge in [0.1, 0.15) is 0 Å². The Morgan fingerprint density at radius 3 is 2.62 bits per heavy atom. The molecule has 0 radical (unpaired) electrons. The smallest absolute Gasteiger partial charge is 0.259 e. The minimum absolute atomic E-state index is 0.0895.